The maximum absolute atomic E-state index is 11.5. The number of rotatable bonds is 4. The molecule has 0 amide bonds. The van der Waals surface area contributed by atoms with Gasteiger partial charge in [0.15, 0.2) is 5.78 Å². The molecule has 0 spiro atoms. The van der Waals surface area contributed by atoms with Crippen molar-refractivity contribution in [2.24, 2.45) is 5.92 Å². The lowest BCUT2D eigenvalue weighted by molar-refractivity contribution is 0.102. The average Bonchev–Trinajstić information content (AvgIpc) is 2.47. The molecule has 1 saturated carbocycles. The van der Waals surface area contributed by atoms with Crippen LogP contribution in [0.3, 0.4) is 0 Å². The number of halogens is 1. The Hall–Kier alpha value is -0.630. The Labute approximate surface area is 118 Å². The third-order valence-electron chi connectivity index (χ3n) is 4.25. The summed E-state index contributed by atoms with van der Waals surface area (Å²) in [6, 6.07) is 8.25. The average molecular weight is 309 g/mol. The number of benzene rings is 1. The van der Waals surface area contributed by atoms with Gasteiger partial charge in [0.1, 0.15) is 0 Å². The van der Waals surface area contributed by atoms with Gasteiger partial charge in [-0.15, -0.1) is 0 Å². The standard InChI is InChI=1S/C16H21BrO/c1-2-12-3-5-13(6-4-12)14-7-9-15(10-8-14)16(18)11-17/h7-10,12-13H,2-6,11H2,1H3/t12-,13-. The molecule has 1 aliphatic rings. The van der Waals surface area contributed by atoms with Gasteiger partial charge in [0.25, 0.3) is 0 Å². The molecule has 2 heteroatoms. The van der Waals surface area contributed by atoms with Crippen LogP contribution in [0.15, 0.2) is 24.3 Å². The smallest absolute Gasteiger partial charge is 0.173 e. The highest BCUT2D eigenvalue weighted by Crippen LogP contribution is 2.36. The van der Waals surface area contributed by atoms with Gasteiger partial charge in [-0.1, -0.05) is 53.5 Å². The molecule has 1 nitrogen and oxygen atoms in total. The van der Waals surface area contributed by atoms with Crippen LogP contribution in [0.4, 0.5) is 0 Å². The van der Waals surface area contributed by atoms with Gasteiger partial charge >= 0.3 is 0 Å². The van der Waals surface area contributed by atoms with E-state index < -0.39 is 0 Å². The molecule has 0 aromatic heterocycles. The quantitative estimate of drug-likeness (QED) is 0.568. The maximum atomic E-state index is 11.5. The summed E-state index contributed by atoms with van der Waals surface area (Å²) < 4.78 is 0. The van der Waals surface area contributed by atoms with E-state index in [9.17, 15) is 4.79 Å². The first-order valence-electron chi connectivity index (χ1n) is 6.93. The zero-order valence-corrected chi connectivity index (χ0v) is 12.6. The van der Waals surface area contributed by atoms with Crippen LogP contribution in [0.1, 0.15) is 60.9 Å². The minimum absolute atomic E-state index is 0.163. The van der Waals surface area contributed by atoms with Crippen molar-refractivity contribution in [2.75, 3.05) is 5.33 Å². The minimum Gasteiger partial charge on any atom is -0.293 e. The van der Waals surface area contributed by atoms with Crippen LogP contribution in [-0.4, -0.2) is 11.1 Å². The van der Waals surface area contributed by atoms with E-state index in [4.69, 9.17) is 0 Å². The normalized spacial score (nSPS) is 23.9. The molecule has 0 N–H and O–H groups in total. The monoisotopic (exact) mass is 308 g/mol. The lowest BCUT2D eigenvalue weighted by Gasteiger charge is -2.28. The highest BCUT2D eigenvalue weighted by molar-refractivity contribution is 9.09. The molecule has 0 unspecified atom stereocenters. The molecule has 0 atom stereocenters. The van der Waals surface area contributed by atoms with Crippen LogP contribution in [0.5, 0.6) is 0 Å². The Kier molecular flexibility index (Phi) is 4.99. The third-order valence-corrected chi connectivity index (χ3v) is 4.76. The number of Topliss-reactive ketones (excluding diaryl/α,β-unsaturated/α-hetero) is 1. The topological polar surface area (TPSA) is 17.1 Å². The van der Waals surface area contributed by atoms with E-state index >= 15 is 0 Å². The predicted octanol–water partition coefficient (Wildman–Crippen LogP) is 4.95. The first-order valence-corrected chi connectivity index (χ1v) is 8.05. The molecule has 18 heavy (non-hydrogen) atoms. The van der Waals surface area contributed by atoms with E-state index in [1.54, 1.807) is 0 Å². The second-order valence-electron chi connectivity index (χ2n) is 5.30. The highest BCUT2D eigenvalue weighted by atomic mass is 79.9. The van der Waals surface area contributed by atoms with E-state index in [-0.39, 0.29) is 5.78 Å². The maximum Gasteiger partial charge on any atom is 0.173 e. The molecule has 1 fully saturated rings. The number of alkyl halides is 1. The van der Waals surface area contributed by atoms with Crippen LogP contribution in [0.2, 0.25) is 0 Å². The fourth-order valence-corrected chi connectivity index (χ4v) is 3.25. The fraction of sp³-hybridized carbons (Fsp3) is 0.562. The van der Waals surface area contributed by atoms with Gasteiger partial charge in [-0.25, -0.2) is 0 Å². The Balaban J connectivity index is 2.00. The highest BCUT2D eigenvalue weighted by Gasteiger charge is 2.21. The molecular weight excluding hydrogens is 288 g/mol. The number of hydrogen-bond acceptors (Lipinski definition) is 1. The van der Waals surface area contributed by atoms with E-state index in [2.05, 4.69) is 35.0 Å². The van der Waals surface area contributed by atoms with Crippen molar-refractivity contribution in [3.05, 3.63) is 35.4 Å². The van der Waals surface area contributed by atoms with Crippen molar-refractivity contribution in [2.45, 2.75) is 44.9 Å². The second-order valence-corrected chi connectivity index (χ2v) is 5.87. The molecule has 0 bridgehead atoms. The van der Waals surface area contributed by atoms with Crippen molar-refractivity contribution >= 4 is 21.7 Å². The molecule has 0 radical (unpaired) electrons. The molecule has 0 aliphatic heterocycles. The molecule has 1 aliphatic carbocycles. The first-order chi connectivity index (χ1) is 8.74. The van der Waals surface area contributed by atoms with Gasteiger partial charge in [-0.05, 0) is 43.1 Å². The summed E-state index contributed by atoms with van der Waals surface area (Å²) in [5, 5.41) is 0.411. The largest absolute Gasteiger partial charge is 0.293 e. The molecule has 1 aromatic rings. The van der Waals surface area contributed by atoms with Crippen molar-refractivity contribution in [1.82, 2.24) is 0 Å². The van der Waals surface area contributed by atoms with E-state index in [0.717, 1.165) is 11.5 Å². The minimum atomic E-state index is 0.163. The third kappa shape index (κ3) is 3.23. The predicted molar refractivity (Wildman–Crippen MR) is 79.6 cm³/mol. The van der Waals surface area contributed by atoms with Crippen LogP contribution in [-0.2, 0) is 0 Å². The molecular formula is C16H21BrO. The zero-order chi connectivity index (χ0) is 13.0. The van der Waals surface area contributed by atoms with Gasteiger partial charge in [-0.2, -0.15) is 0 Å². The Morgan fingerprint density at radius 1 is 1.17 bits per heavy atom. The van der Waals surface area contributed by atoms with E-state index in [0.29, 0.717) is 11.2 Å². The summed E-state index contributed by atoms with van der Waals surface area (Å²) in [4.78, 5) is 11.5. The fourth-order valence-electron chi connectivity index (χ4n) is 2.92. The summed E-state index contributed by atoms with van der Waals surface area (Å²) >= 11 is 3.21. The molecule has 1 aromatic carbocycles. The van der Waals surface area contributed by atoms with Crippen molar-refractivity contribution in [1.29, 1.82) is 0 Å². The van der Waals surface area contributed by atoms with Crippen LogP contribution >= 0.6 is 15.9 Å². The summed E-state index contributed by atoms with van der Waals surface area (Å²) in [6.07, 6.45) is 6.67. The van der Waals surface area contributed by atoms with E-state index in [1.165, 1.54) is 37.7 Å². The Morgan fingerprint density at radius 3 is 2.28 bits per heavy atom. The number of ketones is 1. The SMILES string of the molecule is CC[C@H]1CC[C@H](c2ccc(C(=O)CBr)cc2)CC1. The summed E-state index contributed by atoms with van der Waals surface area (Å²) in [5.74, 6) is 1.81. The summed E-state index contributed by atoms with van der Waals surface area (Å²) in [5.41, 5.74) is 2.23. The van der Waals surface area contributed by atoms with Crippen molar-refractivity contribution in [3.8, 4) is 0 Å². The number of hydrogen-bond donors (Lipinski definition) is 0. The second kappa shape index (κ2) is 6.51. The zero-order valence-electron chi connectivity index (χ0n) is 11.0. The van der Waals surface area contributed by atoms with Gasteiger partial charge in [-0.3, -0.25) is 4.79 Å². The molecule has 0 saturated heterocycles. The van der Waals surface area contributed by atoms with Crippen molar-refractivity contribution in [3.63, 3.8) is 0 Å². The first kappa shape index (κ1) is 13.8. The Morgan fingerprint density at radius 2 is 1.78 bits per heavy atom. The van der Waals surface area contributed by atoms with Gasteiger partial charge in [0, 0.05) is 5.56 Å². The van der Waals surface area contributed by atoms with Crippen LogP contribution in [0, 0.1) is 5.92 Å². The lowest BCUT2D eigenvalue weighted by atomic mass is 9.78. The van der Waals surface area contributed by atoms with Gasteiger partial charge in [0.05, 0.1) is 5.33 Å². The molecule has 2 rings (SSSR count). The Bertz CT molecular complexity index is 388. The van der Waals surface area contributed by atoms with Crippen LogP contribution in [0.25, 0.3) is 0 Å². The van der Waals surface area contributed by atoms with Gasteiger partial charge in [0.2, 0.25) is 0 Å². The van der Waals surface area contributed by atoms with Crippen LogP contribution < -0.4 is 0 Å². The van der Waals surface area contributed by atoms with E-state index in [1.807, 2.05) is 12.1 Å². The van der Waals surface area contributed by atoms with Gasteiger partial charge < -0.3 is 0 Å². The molecule has 98 valence electrons. The number of carbonyl (C=O) groups is 1. The molecule has 0 heterocycles. The summed E-state index contributed by atoms with van der Waals surface area (Å²) in [6.45, 7) is 2.30. The lowest BCUT2D eigenvalue weighted by Crippen LogP contribution is -2.12. The summed E-state index contributed by atoms with van der Waals surface area (Å²) in [7, 11) is 0. The number of carbonyl (C=O) groups excluding carboxylic acids is 1. The van der Waals surface area contributed by atoms with Crippen molar-refractivity contribution < 1.29 is 4.79 Å².